The van der Waals surface area contributed by atoms with Gasteiger partial charge in [0.05, 0.1) is 0 Å². The predicted molar refractivity (Wildman–Crippen MR) is 127 cm³/mol. The first-order chi connectivity index (χ1) is 13.5. The molecule has 0 N–H and O–H groups in total. The van der Waals surface area contributed by atoms with Crippen molar-refractivity contribution in [3.05, 3.63) is 58.1 Å². The van der Waals surface area contributed by atoms with Gasteiger partial charge in [0.25, 0.3) is 0 Å². The monoisotopic (exact) mass is 429 g/mol. The summed E-state index contributed by atoms with van der Waals surface area (Å²) in [6.45, 7) is 23.4. The molecule has 0 heterocycles. The predicted octanol–water partition coefficient (Wildman–Crippen LogP) is 7.24. The lowest BCUT2D eigenvalue weighted by molar-refractivity contribution is -0.189. The van der Waals surface area contributed by atoms with E-state index in [1.54, 1.807) is 0 Å². The van der Waals surface area contributed by atoms with Crippen LogP contribution in [0.15, 0.2) is 30.3 Å². The van der Waals surface area contributed by atoms with Crippen LogP contribution in [0.3, 0.4) is 0 Å². The van der Waals surface area contributed by atoms with Crippen LogP contribution in [0, 0.1) is 13.8 Å². The van der Waals surface area contributed by atoms with Gasteiger partial charge in [0.15, 0.2) is 0 Å². The van der Waals surface area contributed by atoms with Gasteiger partial charge in [-0.25, -0.2) is 0 Å². The van der Waals surface area contributed by atoms with Gasteiger partial charge in [-0.15, -0.1) is 0 Å². The smallest absolute Gasteiger partial charge is 0.210 e. The molecule has 166 valence electrons. The van der Waals surface area contributed by atoms with Crippen molar-refractivity contribution in [2.45, 2.75) is 92.4 Å². The van der Waals surface area contributed by atoms with Gasteiger partial charge in [-0.1, -0.05) is 97.7 Å². The summed E-state index contributed by atoms with van der Waals surface area (Å²) in [6, 6.07) is 10.2. The van der Waals surface area contributed by atoms with E-state index in [0.717, 1.165) is 22.3 Å². The fourth-order valence-electron chi connectivity index (χ4n) is 3.47. The quantitative estimate of drug-likeness (QED) is 0.481. The van der Waals surface area contributed by atoms with Crippen LogP contribution in [-0.2, 0) is 16.2 Å². The maximum absolute atomic E-state index is 13.1. The van der Waals surface area contributed by atoms with Crippen LogP contribution in [0.2, 0.25) is 0 Å². The highest BCUT2D eigenvalue weighted by Crippen LogP contribution is 2.46. The highest BCUT2D eigenvalue weighted by molar-refractivity contribution is 7.40. The van der Waals surface area contributed by atoms with Crippen LogP contribution >= 0.6 is 8.60 Å². The third-order valence-electron chi connectivity index (χ3n) is 5.13. The van der Waals surface area contributed by atoms with Crippen molar-refractivity contribution < 1.29 is 13.9 Å². The second-order valence-corrected chi connectivity index (χ2v) is 12.2. The van der Waals surface area contributed by atoms with E-state index in [0.29, 0.717) is 11.5 Å². The lowest BCUT2D eigenvalue weighted by Crippen LogP contribution is -2.21. The van der Waals surface area contributed by atoms with Gasteiger partial charge >= 0.3 is 0 Å². The first kappa shape index (κ1) is 24.7. The number of aryl methyl sites for hydroxylation is 2. The Morgan fingerprint density at radius 2 is 1.07 bits per heavy atom. The van der Waals surface area contributed by atoms with E-state index >= 15 is 0 Å². The fraction of sp³-hybridized carbons (Fsp3) is 0.538. The molecule has 0 fully saturated rings. The summed E-state index contributed by atoms with van der Waals surface area (Å²) in [4.78, 5) is 13.1. The summed E-state index contributed by atoms with van der Waals surface area (Å²) in [6.07, 6.45) is 0. The van der Waals surface area contributed by atoms with Crippen molar-refractivity contribution in [2.24, 2.45) is 0 Å². The first-order valence-corrected chi connectivity index (χ1v) is 11.7. The molecule has 0 aliphatic carbocycles. The van der Waals surface area contributed by atoms with Gasteiger partial charge in [-0.3, -0.25) is 0 Å². The Hall–Kier alpha value is -1.57. The maximum atomic E-state index is 13.1. The molecule has 0 saturated heterocycles. The Morgan fingerprint density at radius 3 is 1.50 bits per heavy atom. The fourth-order valence-corrected chi connectivity index (χ4v) is 4.17. The number of hydrogen-bond donors (Lipinski definition) is 0. The molecule has 2 aromatic carbocycles. The highest BCUT2D eigenvalue weighted by atomic mass is 31.2. The largest absolute Gasteiger partial charge is 0.765 e. The summed E-state index contributed by atoms with van der Waals surface area (Å²) in [5, 5.41) is 0. The second-order valence-electron chi connectivity index (χ2n) is 11.3. The zero-order valence-corrected chi connectivity index (χ0v) is 21.5. The highest BCUT2D eigenvalue weighted by Gasteiger charge is 2.28. The summed E-state index contributed by atoms with van der Waals surface area (Å²) in [7, 11) is -2.39. The summed E-state index contributed by atoms with van der Waals surface area (Å²) >= 11 is 0. The van der Waals surface area contributed by atoms with E-state index < -0.39 is 8.60 Å². The van der Waals surface area contributed by atoms with Crippen LogP contribution in [0.25, 0.3) is 0 Å². The molecule has 30 heavy (non-hydrogen) atoms. The molecule has 2 aromatic rings. The van der Waals surface area contributed by atoms with Crippen LogP contribution in [0.1, 0.15) is 90.1 Å². The van der Waals surface area contributed by atoms with Crippen LogP contribution in [0.5, 0.6) is 11.5 Å². The van der Waals surface area contributed by atoms with Gasteiger partial charge in [0.1, 0.15) is 11.5 Å². The molecule has 0 aliphatic heterocycles. The lowest BCUT2D eigenvalue weighted by atomic mass is 9.78. The molecule has 1 unspecified atom stereocenters. The molecule has 3 nitrogen and oxygen atoms in total. The number of hydrogen-bond acceptors (Lipinski definition) is 3. The molecule has 4 heteroatoms. The zero-order valence-electron chi connectivity index (χ0n) is 20.6. The third kappa shape index (κ3) is 5.99. The minimum atomic E-state index is -2.39. The molecule has 0 aromatic heterocycles. The molecule has 0 spiro atoms. The minimum absolute atomic E-state index is 0.130. The van der Waals surface area contributed by atoms with Crippen LogP contribution in [-0.4, -0.2) is 0 Å². The van der Waals surface area contributed by atoms with Crippen molar-refractivity contribution in [1.82, 2.24) is 0 Å². The van der Waals surface area contributed by atoms with Gasteiger partial charge in [-0.05, 0) is 36.2 Å². The van der Waals surface area contributed by atoms with Crippen molar-refractivity contribution in [2.75, 3.05) is 0 Å². The Balaban J connectivity index is 2.49. The molecular formula is C26H38O3P-. The van der Waals surface area contributed by atoms with Crippen molar-refractivity contribution in [1.29, 1.82) is 0 Å². The Bertz CT molecular complexity index is 861. The topological polar surface area (TPSA) is 41.5 Å². The molecule has 0 bridgehead atoms. The second kappa shape index (κ2) is 8.52. The molecule has 0 saturated carbocycles. The van der Waals surface area contributed by atoms with Crippen molar-refractivity contribution in [3.63, 3.8) is 0 Å². The number of rotatable bonds is 4. The summed E-state index contributed by atoms with van der Waals surface area (Å²) < 4.78 is 12.0. The molecule has 0 amide bonds. The first-order valence-electron chi connectivity index (χ1n) is 10.6. The summed E-state index contributed by atoms with van der Waals surface area (Å²) in [5.41, 5.74) is 4.97. The molecule has 0 aliphatic rings. The van der Waals surface area contributed by atoms with Crippen molar-refractivity contribution >= 4 is 8.60 Å². The SMILES string of the molecule is Cc1ccc(OP([O-])Oc2c(C(C)(C)C)cc(C)cc2C(C)(C)C)c(C(C)(C)C)c1. The van der Waals surface area contributed by atoms with Gasteiger partial charge in [0.2, 0.25) is 8.60 Å². The average Bonchev–Trinajstić information content (AvgIpc) is 2.54. The van der Waals surface area contributed by atoms with Gasteiger partial charge in [0, 0.05) is 16.7 Å². The summed E-state index contributed by atoms with van der Waals surface area (Å²) in [5.74, 6) is 1.28. The molecular weight excluding hydrogens is 391 g/mol. The lowest BCUT2D eigenvalue weighted by Gasteiger charge is -2.34. The number of benzene rings is 2. The Kier molecular flexibility index (Phi) is 7.01. The van der Waals surface area contributed by atoms with E-state index in [1.165, 1.54) is 5.56 Å². The molecule has 2 rings (SSSR count). The van der Waals surface area contributed by atoms with E-state index in [-0.39, 0.29) is 16.2 Å². The normalized spacial score (nSPS) is 13.9. The molecule has 1 atom stereocenters. The maximum Gasteiger partial charge on any atom is 0.210 e. The standard InChI is InChI=1S/C26H38O3P/c1-17-12-13-22(19(14-17)24(3,4)5)28-30(27)29-23-20(25(6,7)8)15-18(2)16-21(23)26(9,10)11/h12-16H,1-11H3/q-1. The van der Waals surface area contributed by atoms with E-state index in [4.69, 9.17) is 9.05 Å². The average molecular weight is 430 g/mol. The van der Waals surface area contributed by atoms with E-state index in [2.05, 4.69) is 87.4 Å². The van der Waals surface area contributed by atoms with Crippen LogP contribution in [0.4, 0.5) is 0 Å². The van der Waals surface area contributed by atoms with E-state index in [9.17, 15) is 4.89 Å². The third-order valence-corrected chi connectivity index (χ3v) is 5.81. The Labute approximate surface area is 184 Å². The minimum Gasteiger partial charge on any atom is -0.765 e. The molecule has 0 radical (unpaired) electrons. The zero-order chi connectivity index (χ0) is 23.1. The van der Waals surface area contributed by atoms with Crippen molar-refractivity contribution in [3.8, 4) is 11.5 Å². The van der Waals surface area contributed by atoms with Crippen LogP contribution < -0.4 is 13.9 Å². The van der Waals surface area contributed by atoms with E-state index in [1.807, 2.05) is 19.1 Å². The van der Waals surface area contributed by atoms with Gasteiger partial charge in [-0.2, -0.15) is 0 Å². The van der Waals surface area contributed by atoms with Gasteiger partial charge < -0.3 is 13.9 Å². The Morgan fingerprint density at radius 1 is 0.633 bits per heavy atom.